The first-order valence-electron chi connectivity index (χ1n) is 6.82. The summed E-state index contributed by atoms with van der Waals surface area (Å²) in [6.07, 6.45) is 5.82. The summed E-state index contributed by atoms with van der Waals surface area (Å²) < 4.78 is 12.0. The van der Waals surface area contributed by atoms with Gasteiger partial charge in [0.25, 0.3) is 0 Å². The molecule has 0 radical (unpaired) electrons. The van der Waals surface area contributed by atoms with Crippen molar-refractivity contribution in [3.63, 3.8) is 0 Å². The van der Waals surface area contributed by atoms with Crippen molar-refractivity contribution >= 4 is 16.8 Å². The largest absolute Gasteiger partial charge is 0.481 e. The van der Waals surface area contributed by atoms with Crippen molar-refractivity contribution in [2.24, 2.45) is 0 Å². The Hall–Kier alpha value is -1.16. The quantitative estimate of drug-likeness (QED) is 0.706. The van der Waals surface area contributed by atoms with Crippen molar-refractivity contribution in [2.45, 2.75) is 50.3 Å². The van der Waals surface area contributed by atoms with Crippen LogP contribution in [0, 0.1) is 0 Å². The van der Waals surface area contributed by atoms with Crippen molar-refractivity contribution < 1.29 is 14.1 Å². The van der Waals surface area contributed by atoms with E-state index >= 15 is 0 Å². The summed E-state index contributed by atoms with van der Waals surface area (Å²) in [4.78, 5) is 11.4. The Morgan fingerprint density at radius 2 is 1.74 bits per heavy atom. The number of benzene rings is 1. The van der Waals surface area contributed by atoms with Crippen LogP contribution in [0.2, 0.25) is 0 Å². The average Bonchev–Trinajstić information content (AvgIpc) is 2.38. The first-order chi connectivity index (χ1) is 9.13. The Kier molecular flexibility index (Phi) is 7.41. The molecule has 0 amide bonds. The van der Waals surface area contributed by atoms with E-state index in [4.69, 9.17) is 5.11 Å². The SMILES string of the molecule is CCCCCCCS(=O)c1ccc(CC(=O)O)cc1. The third-order valence-corrected chi connectivity index (χ3v) is 4.43. The lowest BCUT2D eigenvalue weighted by Gasteiger charge is -2.04. The van der Waals surface area contributed by atoms with Gasteiger partial charge in [-0.3, -0.25) is 9.00 Å². The lowest BCUT2D eigenvalue weighted by atomic mass is 10.2. The van der Waals surface area contributed by atoms with E-state index in [0.29, 0.717) is 5.75 Å². The normalized spacial score (nSPS) is 12.3. The molecule has 1 rings (SSSR count). The van der Waals surface area contributed by atoms with E-state index < -0.39 is 16.8 Å². The van der Waals surface area contributed by atoms with E-state index in [1.807, 2.05) is 0 Å². The summed E-state index contributed by atoms with van der Waals surface area (Å²) in [5.41, 5.74) is 0.746. The van der Waals surface area contributed by atoms with E-state index in [1.54, 1.807) is 24.3 Å². The van der Waals surface area contributed by atoms with Gasteiger partial charge in [0.2, 0.25) is 0 Å². The van der Waals surface area contributed by atoms with Crippen LogP contribution in [0.5, 0.6) is 0 Å². The van der Waals surface area contributed by atoms with E-state index in [2.05, 4.69) is 6.92 Å². The number of carbonyl (C=O) groups is 1. The van der Waals surface area contributed by atoms with Gasteiger partial charge in [0.1, 0.15) is 0 Å². The molecular formula is C15H22O3S. The van der Waals surface area contributed by atoms with Gasteiger partial charge in [-0.1, -0.05) is 44.7 Å². The zero-order valence-electron chi connectivity index (χ0n) is 11.4. The minimum atomic E-state index is -0.957. The van der Waals surface area contributed by atoms with Crippen LogP contribution >= 0.6 is 0 Å². The number of rotatable bonds is 9. The molecule has 1 atom stereocenters. The van der Waals surface area contributed by atoms with Gasteiger partial charge in [-0.15, -0.1) is 0 Å². The topological polar surface area (TPSA) is 54.4 Å². The molecule has 19 heavy (non-hydrogen) atoms. The molecule has 4 heteroatoms. The van der Waals surface area contributed by atoms with E-state index in [-0.39, 0.29) is 6.42 Å². The molecular weight excluding hydrogens is 260 g/mol. The average molecular weight is 282 g/mol. The lowest BCUT2D eigenvalue weighted by molar-refractivity contribution is -0.136. The summed E-state index contributed by atoms with van der Waals surface area (Å²) in [6.45, 7) is 2.18. The third-order valence-electron chi connectivity index (χ3n) is 2.97. The Balaban J connectivity index is 2.38. The highest BCUT2D eigenvalue weighted by Crippen LogP contribution is 2.12. The molecule has 1 aromatic carbocycles. The van der Waals surface area contributed by atoms with Crippen molar-refractivity contribution in [2.75, 3.05) is 5.75 Å². The van der Waals surface area contributed by atoms with E-state index in [0.717, 1.165) is 23.3 Å². The van der Waals surface area contributed by atoms with Gasteiger partial charge in [0.15, 0.2) is 0 Å². The second kappa shape index (κ2) is 8.86. The number of carboxylic acids is 1. The Morgan fingerprint density at radius 1 is 1.11 bits per heavy atom. The standard InChI is InChI=1S/C15H22O3S/c1-2-3-4-5-6-11-19(18)14-9-7-13(8-10-14)12-15(16)17/h7-10H,2-6,11-12H2,1H3,(H,16,17). The second-order valence-corrected chi connectivity index (χ2v) is 6.25. The number of aliphatic carboxylic acids is 1. The van der Waals surface area contributed by atoms with E-state index in [1.165, 1.54) is 19.3 Å². The monoisotopic (exact) mass is 282 g/mol. The smallest absolute Gasteiger partial charge is 0.307 e. The van der Waals surface area contributed by atoms with Gasteiger partial charge in [-0.2, -0.15) is 0 Å². The molecule has 0 aliphatic heterocycles. The fourth-order valence-corrected chi connectivity index (χ4v) is 3.03. The summed E-state index contributed by atoms with van der Waals surface area (Å²) in [5, 5.41) is 8.67. The van der Waals surface area contributed by atoms with Gasteiger partial charge in [-0.05, 0) is 24.1 Å². The summed E-state index contributed by atoms with van der Waals surface area (Å²) in [7, 11) is -0.957. The fourth-order valence-electron chi connectivity index (χ4n) is 1.89. The maximum absolute atomic E-state index is 12.0. The predicted molar refractivity (Wildman–Crippen MR) is 77.8 cm³/mol. The van der Waals surface area contributed by atoms with E-state index in [9.17, 15) is 9.00 Å². The molecule has 0 aromatic heterocycles. The van der Waals surface area contributed by atoms with Gasteiger partial charge in [0.05, 0.1) is 17.2 Å². The minimum absolute atomic E-state index is 0.0178. The molecule has 0 spiro atoms. The van der Waals surface area contributed by atoms with Gasteiger partial charge in [0, 0.05) is 10.6 Å². The number of unbranched alkanes of at least 4 members (excludes halogenated alkanes) is 4. The van der Waals surface area contributed by atoms with Crippen molar-refractivity contribution in [3.05, 3.63) is 29.8 Å². The van der Waals surface area contributed by atoms with Crippen LogP contribution in [0.1, 0.15) is 44.6 Å². The van der Waals surface area contributed by atoms with Crippen LogP contribution in [0.25, 0.3) is 0 Å². The van der Waals surface area contributed by atoms with Gasteiger partial charge >= 0.3 is 5.97 Å². The molecule has 0 heterocycles. The highest BCUT2D eigenvalue weighted by Gasteiger charge is 2.05. The Labute approximate surface area is 117 Å². The highest BCUT2D eigenvalue weighted by molar-refractivity contribution is 7.85. The van der Waals surface area contributed by atoms with Crippen molar-refractivity contribution in [1.82, 2.24) is 0 Å². The fraction of sp³-hybridized carbons (Fsp3) is 0.533. The van der Waals surface area contributed by atoms with Crippen LogP contribution in [0.4, 0.5) is 0 Å². The minimum Gasteiger partial charge on any atom is -0.481 e. The summed E-state index contributed by atoms with van der Waals surface area (Å²) in [5.74, 6) is -0.146. The number of carboxylic acid groups (broad SMARTS) is 1. The molecule has 0 saturated carbocycles. The van der Waals surface area contributed by atoms with Crippen LogP contribution in [0.3, 0.4) is 0 Å². The summed E-state index contributed by atoms with van der Waals surface area (Å²) >= 11 is 0. The lowest BCUT2D eigenvalue weighted by Crippen LogP contribution is -2.01. The van der Waals surface area contributed by atoms with Crippen molar-refractivity contribution in [1.29, 1.82) is 0 Å². The molecule has 1 aromatic rings. The van der Waals surface area contributed by atoms with Crippen molar-refractivity contribution in [3.8, 4) is 0 Å². The molecule has 1 N–H and O–H groups in total. The molecule has 3 nitrogen and oxygen atoms in total. The number of hydrogen-bond acceptors (Lipinski definition) is 2. The molecule has 0 bridgehead atoms. The zero-order chi connectivity index (χ0) is 14.1. The second-order valence-electron chi connectivity index (χ2n) is 4.68. The maximum atomic E-state index is 12.0. The van der Waals surface area contributed by atoms with Crippen LogP contribution in [-0.4, -0.2) is 21.0 Å². The molecule has 1 unspecified atom stereocenters. The first kappa shape index (κ1) is 15.9. The Bertz CT molecular complexity index is 412. The molecule has 0 aliphatic carbocycles. The molecule has 106 valence electrons. The van der Waals surface area contributed by atoms with Crippen LogP contribution in [-0.2, 0) is 22.0 Å². The van der Waals surface area contributed by atoms with Gasteiger partial charge < -0.3 is 5.11 Å². The molecule has 0 saturated heterocycles. The third kappa shape index (κ3) is 6.53. The molecule has 0 fully saturated rings. The zero-order valence-corrected chi connectivity index (χ0v) is 12.2. The highest BCUT2D eigenvalue weighted by atomic mass is 32.2. The number of hydrogen-bond donors (Lipinski definition) is 1. The maximum Gasteiger partial charge on any atom is 0.307 e. The van der Waals surface area contributed by atoms with Crippen LogP contribution in [0.15, 0.2) is 29.2 Å². The molecule has 0 aliphatic rings. The predicted octanol–water partition coefficient (Wildman–Crippen LogP) is 3.39. The first-order valence-corrected chi connectivity index (χ1v) is 8.14. The summed E-state index contributed by atoms with van der Waals surface area (Å²) in [6, 6.07) is 7.05. The van der Waals surface area contributed by atoms with Gasteiger partial charge in [-0.25, -0.2) is 0 Å². The van der Waals surface area contributed by atoms with Crippen LogP contribution < -0.4 is 0 Å². The Morgan fingerprint density at radius 3 is 2.32 bits per heavy atom.